The molecule has 1 aromatic heterocycles. The number of carbonyl (C=O) groups is 1. The van der Waals surface area contributed by atoms with Crippen molar-refractivity contribution in [2.45, 2.75) is 50.4 Å². The van der Waals surface area contributed by atoms with Gasteiger partial charge in [-0.25, -0.2) is 9.38 Å². The minimum atomic E-state index is -4.70. The zero-order chi connectivity index (χ0) is 25.0. The highest BCUT2D eigenvalue weighted by Gasteiger charge is 2.66. The van der Waals surface area contributed by atoms with Crippen LogP contribution in [0, 0.1) is 5.82 Å². The van der Waals surface area contributed by atoms with E-state index in [4.69, 9.17) is 22.1 Å². The lowest BCUT2D eigenvalue weighted by atomic mass is 9.76. The van der Waals surface area contributed by atoms with Gasteiger partial charge in [0, 0.05) is 18.2 Å². The quantitative estimate of drug-likeness (QED) is 0.463. The van der Waals surface area contributed by atoms with Gasteiger partial charge in [0.1, 0.15) is 11.5 Å². The first-order chi connectivity index (χ1) is 15.0. The topological polar surface area (TPSA) is 77.6 Å². The average molecular weight is 494 g/mol. The molecule has 33 heavy (non-hydrogen) atoms. The zero-order valence-corrected chi connectivity index (χ0v) is 18.3. The molecule has 0 unspecified atom stereocenters. The second-order valence-electron chi connectivity index (χ2n) is 8.18. The summed E-state index contributed by atoms with van der Waals surface area (Å²) in [5.41, 5.74) is -1.06. The van der Waals surface area contributed by atoms with E-state index in [-0.39, 0.29) is 5.56 Å². The van der Waals surface area contributed by atoms with E-state index in [2.05, 4.69) is 9.98 Å². The van der Waals surface area contributed by atoms with Crippen molar-refractivity contribution in [3.8, 4) is 0 Å². The monoisotopic (exact) mass is 493 g/mol. The number of pyridine rings is 1. The Morgan fingerprint density at radius 2 is 1.82 bits per heavy atom. The van der Waals surface area contributed by atoms with Crippen LogP contribution in [-0.2, 0) is 22.9 Å². The summed E-state index contributed by atoms with van der Waals surface area (Å²) in [6, 6.07) is 3.08. The second kappa shape index (κ2) is 7.89. The van der Waals surface area contributed by atoms with Gasteiger partial charge in [-0.05, 0) is 44.5 Å². The lowest BCUT2D eigenvalue weighted by Crippen LogP contribution is -2.62. The maximum absolute atomic E-state index is 15.3. The van der Waals surface area contributed by atoms with Crippen molar-refractivity contribution >= 4 is 23.4 Å². The van der Waals surface area contributed by atoms with Crippen molar-refractivity contribution in [2.75, 3.05) is 0 Å². The number of carbonyl (C=O) groups excluding carboxylic acids is 1. The highest BCUT2D eigenvalue weighted by Crippen LogP contribution is 2.51. The standard InChI is InChI=1S/C21H18ClF6N3O2/c1-18(2)21(27,28)19(3,31-17(29)33-18)12-6-10(4-5-14(12)23)7-15(32)16-13(22)8-11(9-30-16)20(24,25)26/h4-6,8-9H,7H2,1-3H3,(H2,29,31)/t19-/m1/s1. The summed E-state index contributed by atoms with van der Waals surface area (Å²) in [5.74, 6) is -5.53. The number of aliphatic imine (C=N–C) groups is 1. The summed E-state index contributed by atoms with van der Waals surface area (Å²) >= 11 is 5.79. The number of benzene rings is 1. The number of ketones is 1. The molecule has 0 radical (unpaired) electrons. The van der Waals surface area contributed by atoms with Gasteiger partial charge in [0.15, 0.2) is 16.9 Å². The van der Waals surface area contributed by atoms with E-state index in [9.17, 15) is 22.4 Å². The first-order valence-corrected chi connectivity index (χ1v) is 9.84. The van der Waals surface area contributed by atoms with Crippen LogP contribution in [0.1, 0.15) is 48.0 Å². The molecule has 0 fully saturated rings. The fourth-order valence-corrected chi connectivity index (χ4v) is 3.85. The second-order valence-corrected chi connectivity index (χ2v) is 8.58. The van der Waals surface area contributed by atoms with Gasteiger partial charge in [0.25, 0.3) is 6.02 Å². The number of nitrogens with two attached hydrogens (primary N) is 1. The summed E-state index contributed by atoms with van der Waals surface area (Å²) in [5, 5.41) is -0.529. The van der Waals surface area contributed by atoms with Crippen LogP contribution in [-0.4, -0.2) is 28.3 Å². The van der Waals surface area contributed by atoms with Gasteiger partial charge in [0.2, 0.25) is 0 Å². The van der Waals surface area contributed by atoms with E-state index in [0.717, 1.165) is 32.9 Å². The van der Waals surface area contributed by atoms with Crippen molar-refractivity contribution in [2.24, 2.45) is 10.7 Å². The van der Waals surface area contributed by atoms with Crippen molar-refractivity contribution in [3.05, 3.63) is 63.7 Å². The van der Waals surface area contributed by atoms with Crippen LogP contribution in [0.15, 0.2) is 35.5 Å². The van der Waals surface area contributed by atoms with E-state index in [1.807, 2.05) is 0 Å². The third-order valence-corrected chi connectivity index (χ3v) is 5.70. The Labute approximate surface area is 189 Å². The van der Waals surface area contributed by atoms with Crippen LogP contribution in [0.4, 0.5) is 26.3 Å². The first-order valence-electron chi connectivity index (χ1n) is 9.46. The molecule has 0 saturated heterocycles. The smallest absolute Gasteiger partial charge is 0.417 e. The van der Waals surface area contributed by atoms with Gasteiger partial charge in [-0.1, -0.05) is 17.7 Å². The van der Waals surface area contributed by atoms with Crippen LogP contribution in [0.5, 0.6) is 0 Å². The van der Waals surface area contributed by atoms with E-state index in [1.165, 1.54) is 6.07 Å². The molecular weight excluding hydrogens is 476 g/mol. The van der Waals surface area contributed by atoms with E-state index in [1.54, 1.807) is 0 Å². The maximum atomic E-state index is 15.3. The number of amidine groups is 1. The minimum Gasteiger partial charge on any atom is -0.453 e. The molecule has 5 nitrogen and oxygen atoms in total. The van der Waals surface area contributed by atoms with Gasteiger partial charge in [-0.3, -0.25) is 9.78 Å². The van der Waals surface area contributed by atoms with Gasteiger partial charge < -0.3 is 10.5 Å². The minimum absolute atomic E-state index is 0.0873. The molecule has 2 heterocycles. The predicted octanol–water partition coefficient (Wildman–Crippen LogP) is 5.29. The van der Waals surface area contributed by atoms with Gasteiger partial charge in [-0.15, -0.1) is 0 Å². The Kier molecular flexibility index (Phi) is 5.94. The molecule has 0 spiro atoms. The fraction of sp³-hybridized carbons (Fsp3) is 0.381. The molecule has 1 aliphatic heterocycles. The van der Waals surface area contributed by atoms with Gasteiger partial charge in [-0.2, -0.15) is 22.0 Å². The number of nitrogens with zero attached hydrogens (tertiary/aromatic N) is 2. The summed E-state index contributed by atoms with van der Waals surface area (Å²) < 4.78 is 88.5. The average Bonchev–Trinajstić information content (AvgIpc) is 2.66. The molecule has 0 aliphatic carbocycles. The number of aromatic nitrogens is 1. The number of Topliss-reactive ketones (excluding diaryl/α,β-unsaturated/α-hetero) is 1. The van der Waals surface area contributed by atoms with Crippen LogP contribution < -0.4 is 5.73 Å². The number of hydrogen-bond donors (Lipinski definition) is 1. The normalized spacial score (nSPS) is 21.8. The Balaban J connectivity index is 1.99. The van der Waals surface area contributed by atoms with E-state index < -0.39 is 69.1 Å². The van der Waals surface area contributed by atoms with Crippen LogP contribution in [0.2, 0.25) is 5.02 Å². The number of alkyl halides is 5. The molecule has 12 heteroatoms. The number of hydrogen-bond acceptors (Lipinski definition) is 5. The highest BCUT2D eigenvalue weighted by atomic mass is 35.5. The van der Waals surface area contributed by atoms with Crippen LogP contribution in [0.3, 0.4) is 0 Å². The lowest BCUT2D eigenvalue weighted by molar-refractivity contribution is -0.207. The highest BCUT2D eigenvalue weighted by molar-refractivity contribution is 6.33. The SMILES string of the molecule is CC1(C)OC(N)=N[C@](C)(c2cc(CC(=O)c3ncc(C(F)(F)F)cc3Cl)ccc2F)C1(F)F. The van der Waals surface area contributed by atoms with Crippen LogP contribution in [0.25, 0.3) is 0 Å². The van der Waals surface area contributed by atoms with Gasteiger partial charge in [0.05, 0.1) is 10.6 Å². The number of halogens is 7. The Morgan fingerprint density at radius 3 is 2.39 bits per heavy atom. The summed E-state index contributed by atoms with van der Waals surface area (Å²) in [7, 11) is 0. The first kappa shape index (κ1) is 24.8. The van der Waals surface area contributed by atoms with Gasteiger partial charge >= 0.3 is 12.1 Å². The molecule has 178 valence electrons. The third-order valence-electron chi connectivity index (χ3n) is 5.41. The molecule has 1 atom stereocenters. The third kappa shape index (κ3) is 4.25. The molecule has 2 aromatic rings. The lowest BCUT2D eigenvalue weighted by Gasteiger charge is -2.46. The Hall–Kier alpha value is -2.82. The number of rotatable bonds is 4. The number of ether oxygens (including phenoxy) is 1. The fourth-order valence-electron chi connectivity index (χ4n) is 3.58. The molecule has 0 bridgehead atoms. The van der Waals surface area contributed by atoms with Crippen molar-refractivity contribution in [1.82, 2.24) is 4.98 Å². The summed E-state index contributed by atoms with van der Waals surface area (Å²) in [6.07, 6.45) is -4.74. The molecule has 2 N–H and O–H groups in total. The molecule has 1 aliphatic rings. The summed E-state index contributed by atoms with van der Waals surface area (Å²) in [6.45, 7) is 3.15. The van der Waals surface area contributed by atoms with Crippen molar-refractivity contribution in [1.29, 1.82) is 0 Å². The molecule has 0 amide bonds. The predicted molar refractivity (Wildman–Crippen MR) is 108 cm³/mol. The summed E-state index contributed by atoms with van der Waals surface area (Å²) in [4.78, 5) is 19.8. The van der Waals surface area contributed by atoms with Crippen LogP contribution >= 0.6 is 11.6 Å². The molecule has 3 rings (SSSR count). The largest absolute Gasteiger partial charge is 0.453 e. The Morgan fingerprint density at radius 1 is 1.18 bits per heavy atom. The van der Waals surface area contributed by atoms with Crippen molar-refractivity contribution in [3.63, 3.8) is 0 Å². The maximum Gasteiger partial charge on any atom is 0.417 e. The molecular formula is C21H18ClF6N3O2. The molecule has 0 saturated carbocycles. The Bertz CT molecular complexity index is 1150. The zero-order valence-electron chi connectivity index (χ0n) is 17.5. The molecule has 1 aromatic carbocycles. The van der Waals surface area contributed by atoms with Crippen molar-refractivity contribution < 1.29 is 35.9 Å². The van der Waals surface area contributed by atoms with E-state index in [0.29, 0.717) is 12.3 Å². The van der Waals surface area contributed by atoms with E-state index >= 15 is 8.78 Å².